The number of methoxy groups -OCH3 is 1. The highest BCUT2D eigenvalue weighted by Crippen LogP contribution is 2.50. The molecule has 0 radical (unpaired) electrons. The van der Waals surface area contributed by atoms with Gasteiger partial charge in [0.1, 0.15) is 5.75 Å². The SMILES string of the molecule is COc1ccc2c(c1)C(=O)C1=C(Cc3cc(C#N)ccc31)C2(C)C. The van der Waals surface area contributed by atoms with Crippen LogP contribution in [0.25, 0.3) is 5.57 Å². The van der Waals surface area contributed by atoms with Gasteiger partial charge >= 0.3 is 0 Å². The highest BCUT2D eigenvalue weighted by Gasteiger charge is 2.42. The zero-order valence-corrected chi connectivity index (χ0v) is 13.9. The third kappa shape index (κ3) is 1.80. The van der Waals surface area contributed by atoms with Crippen molar-refractivity contribution in [3.63, 3.8) is 0 Å². The fourth-order valence-corrected chi connectivity index (χ4v) is 3.97. The van der Waals surface area contributed by atoms with E-state index in [0.29, 0.717) is 11.3 Å². The van der Waals surface area contributed by atoms with E-state index in [2.05, 4.69) is 19.9 Å². The van der Waals surface area contributed by atoms with Crippen LogP contribution in [-0.2, 0) is 11.8 Å². The summed E-state index contributed by atoms with van der Waals surface area (Å²) in [5.74, 6) is 0.752. The van der Waals surface area contributed by atoms with Crippen LogP contribution < -0.4 is 4.74 Å². The third-order valence-corrected chi connectivity index (χ3v) is 5.30. The number of hydrogen-bond donors (Lipinski definition) is 0. The van der Waals surface area contributed by atoms with Gasteiger partial charge in [-0.15, -0.1) is 0 Å². The summed E-state index contributed by atoms with van der Waals surface area (Å²) in [7, 11) is 1.61. The van der Waals surface area contributed by atoms with Crippen LogP contribution in [0.2, 0.25) is 0 Å². The lowest BCUT2D eigenvalue weighted by Crippen LogP contribution is -2.29. The van der Waals surface area contributed by atoms with Crippen molar-refractivity contribution in [2.45, 2.75) is 25.7 Å². The number of fused-ring (bicyclic) bond motifs is 3. The van der Waals surface area contributed by atoms with E-state index in [1.165, 1.54) is 0 Å². The first kappa shape index (κ1) is 14.7. The van der Waals surface area contributed by atoms with E-state index in [-0.39, 0.29) is 11.2 Å². The molecule has 0 heterocycles. The van der Waals surface area contributed by atoms with Crippen molar-refractivity contribution in [2.75, 3.05) is 7.11 Å². The number of carbonyl (C=O) groups excluding carboxylic acids is 1. The van der Waals surface area contributed by atoms with Gasteiger partial charge in [-0.3, -0.25) is 4.79 Å². The molecule has 3 nitrogen and oxygen atoms in total. The van der Waals surface area contributed by atoms with E-state index in [1.807, 2.05) is 30.3 Å². The third-order valence-electron chi connectivity index (χ3n) is 5.30. The Bertz CT molecular complexity index is 974. The fraction of sp³-hybridized carbons (Fsp3) is 0.238. The van der Waals surface area contributed by atoms with Gasteiger partial charge in [0.2, 0.25) is 0 Å². The Kier molecular flexibility index (Phi) is 2.95. The van der Waals surface area contributed by atoms with Crippen LogP contribution in [0.1, 0.15) is 46.5 Å². The minimum absolute atomic E-state index is 0.0571. The molecular formula is C21H17NO2. The maximum atomic E-state index is 13.2. The highest BCUT2D eigenvalue weighted by atomic mass is 16.5. The summed E-state index contributed by atoms with van der Waals surface area (Å²) >= 11 is 0. The predicted octanol–water partition coefficient (Wildman–Crippen LogP) is 4.05. The van der Waals surface area contributed by atoms with Gasteiger partial charge in [-0.25, -0.2) is 0 Å². The van der Waals surface area contributed by atoms with E-state index in [1.54, 1.807) is 13.2 Å². The number of ketones is 1. The Morgan fingerprint density at radius 3 is 2.62 bits per heavy atom. The van der Waals surface area contributed by atoms with Crippen molar-refractivity contribution in [3.8, 4) is 11.8 Å². The summed E-state index contributed by atoms with van der Waals surface area (Å²) < 4.78 is 5.30. The number of carbonyl (C=O) groups is 1. The molecule has 0 unspecified atom stereocenters. The summed E-state index contributed by atoms with van der Waals surface area (Å²) in [6.45, 7) is 4.33. The molecule has 3 heteroatoms. The molecule has 0 spiro atoms. The Hall–Kier alpha value is -2.86. The number of hydrogen-bond acceptors (Lipinski definition) is 3. The maximum absolute atomic E-state index is 13.2. The molecule has 4 rings (SSSR count). The zero-order chi connectivity index (χ0) is 17.1. The van der Waals surface area contributed by atoms with Crippen molar-refractivity contribution in [3.05, 3.63) is 69.8 Å². The Balaban J connectivity index is 1.95. The Morgan fingerprint density at radius 2 is 1.92 bits per heavy atom. The summed E-state index contributed by atoms with van der Waals surface area (Å²) in [6, 6.07) is 13.5. The van der Waals surface area contributed by atoms with Crippen LogP contribution in [-0.4, -0.2) is 12.9 Å². The molecular weight excluding hydrogens is 298 g/mol. The summed E-state index contributed by atoms with van der Waals surface area (Å²) in [6.07, 6.45) is 0.727. The number of ether oxygens (including phenoxy) is 1. The first-order valence-corrected chi connectivity index (χ1v) is 7.97. The number of rotatable bonds is 1. The minimum atomic E-state index is -0.226. The van der Waals surface area contributed by atoms with Crippen LogP contribution >= 0.6 is 0 Å². The van der Waals surface area contributed by atoms with Gasteiger partial charge in [-0.2, -0.15) is 5.26 Å². The molecule has 0 amide bonds. The minimum Gasteiger partial charge on any atom is -0.497 e. The van der Waals surface area contributed by atoms with Crippen molar-refractivity contribution in [2.24, 2.45) is 0 Å². The molecule has 0 aromatic heterocycles. The number of allylic oxidation sites excluding steroid dienone is 2. The average Bonchev–Trinajstić information content (AvgIpc) is 2.99. The summed E-state index contributed by atoms with van der Waals surface area (Å²) in [4.78, 5) is 13.2. The van der Waals surface area contributed by atoms with Crippen LogP contribution in [0.5, 0.6) is 5.75 Å². The van der Waals surface area contributed by atoms with Crippen molar-refractivity contribution >= 4 is 11.4 Å². The monoisotopic (exact) mass is 315 g/mol. The second-order valence-corrected chi connectivity index (χ2v) is 6.88. The number of Topliss-reactive ketones (excluding diaryl/α,β-unsaturated/α-hetero) is 1. The Morgan fingerprint density at radius 1 is 1.12 bits per heavy atom. The molecule has 0 saturated carbocycles. The van der Waals surface area contributed by atoms with E-state index in [4.69, 9.17) is 10.00 Å². The van der Waals surface area contributed by atoms with Crippen LogP contribution in [0.3, 0.4) is 0 Å². The van der Waals surface area contributed by atoms with Crippen LogP contribution in [0, 0.1) is 11.3 Å². The molecule has 118 valence electrons. The lowest BCUT2D eigenvalue weighted by Gasteiger charge is -2.34. The molecule has 2 aliphatic rings. The lowest BCUT2D eigenvalue weighted by molar-refractivity contribution is 0.105. The lowest BCUT2D eigenvalue weighted by atomic mass is 9.68. The van der Waals surface area contributed by atoms with E-state index in [9.17, 15) is 4.79 Å². The maximum Gasteiger partial charge on any atom is 0.194 e. The number of nitrogens with zero attached hydrogens (tertiary/aromatic N) is 1. The molecule has 0 saturated heterocycles. The first-order valence-electron chi connectivity index (χ1n) is 7.97. The molecule has 0 fully saturated rings. The standard InChI is InChI=1S/C21H17NO2/c1-21(2)17-7-5-14(24-3)10-16(17)20(23)19-15-6-4-12(11-22)8-13(15)9-18(19)21/h4-8,10H,9H2,1-3H3. The zero-order valence-electron chi connectivity index (χ0n) is 13.9. The van der Waals surface area contributed by atoms with E-state index in [0.717, 1.165) is 39.8 Å². The Labute approximate surface area is 141 Å². The second-order valence-electron chi connectivity index (χ2n) is 6.88. The summed E-state index contributed by atoms with van der Waals surface area (Å²) in [5.41, 5.74) is 6.16. The molecule has 0 atom stereocenters. The van der Waals surface area contributed by atoms with E-state index >= 15 is 0 Å². The molecule has 2 aromatic rings. The second kappa shape index (κ2) is 4.82. The normalized spacial score (nSPS) is 17.0. The largest absolute Gasteiger partial charge is 0.497 e. The van der Waals surface area contributed by atoms with E-state index < -0.39 is 0 Å². The molecule has 24 heavy (non-hydrogen) atoms. The number of benzene rings is 2. The van der Waals surface area contributed by atoms with Crippen molar-refractivity contribution in [1.82, 2.24) is 0 Å². The molecule has 0 bridgehead atoms. The smallest absolute Gasteiger partial charge is 0.194 e. The highest BCUT2D eigenvalue weighted by molar-refractivity contribution is 6.33. The van der Waals surface area contributed by atoms with Gasteiger partial charge in [-0.05, 0) is 52.9 Å². The molecule has 2 aromatic carbocycles. The van der Waals surface area contributed by atoms with Gasteiger partial charge in [0, 0.05) is 16.6 Å². The predicted molar refractivity (Wildman–Crippen MR) is 92.1 cm³/mol. The fourth-order valence-electron chi connectivity index (χ4n) is 3.97. The van der Waals surface area contributed by atoms with Crippen LogP contribution in [0.15, 0.2) is 42.0 Å². The van der Waals surface area contributed by atoms with Gasteiger partial charge in [0.05, 0.1) is 18.7 Å². The van der Waals surface area contributed by atoms with Gasteiger partial charge < -0.3 is 4.74 Å². The van der Waals surface area contributed by atoms with Gasteiger partial charge in [0.15, 0.2) is 5.78 Å². The summed E-state index contributed by atoms with van der Waals surface area (Å²) in [5, 5.41) is 9.14. The van der Waals surface area contributed by atoms with Crippen molar-refractivity contribution in [1.29, 1.82) is 5.26 Å². The average molecular weight is 315 g/mol. The van der Waals surface area contributed by atoms with Crippen molar-refractivity contribution < 1.29 is 9.53 Å². The van der Waals surface area contributed by atoms with Crippen LogP contribution in [0.4, 0.5) is 0 Å². The molecule has 0 aliphatic heterocycles. The molecule has 2 aliphatic carbocycles. The first-order chi connectivity index (χ1) is 11.5. The van der Waals surface area contributed by atoms with Gasteiger partial charge in [0.25, 0.3) is 0 Å². The number of nitriles is 1. The topological polar surface area (TPSA) is 50.1 Å². The molecule has 0 N–H and O–H groups in total. The quantitative estimate of drug-likeness (QED) is 0.797. The van der Waals surface area contributed by atoms with Gasteiger partial charge in [-0.1, -0.05) is 26.0 Å².